The molecule has 4 unspecified atom stereocenters. The van der Waals surface area contributed by atoms with Crippen LogP contribution >= 0.6 is 0 Å². The van der Waals surface area contributed by atoms with E-state index in [4.69, 9.17) is 4.74 Å². The van der Waals surface area contributed by atoms with E-state index >= 15 is 0 Å². The van der Waals surface area contributed by atoms with Gasteiger partial charge in [0, 0.05) is 6.61 Å². The predicted octanol–water partition coefficient (Wildman–Crippen LogP) is 2.77. The summed E-state index contributed by atoms with van der Waals surface area (Å²) in [7, 11) is 0. The molecule has 4 nitrogen and oxygen atoms in total. The molecule has 0 spiro atoms. The van der Waals surface area contributed by atoms with E-state index in [0.717, 1.165) is 32.3 Å². The van der Waals surface area contributed by atoms with E-state index in [9.17, 15) is 4.79 Å². The van der Waals surface area contributed by atoms with Gasteiger partial charge in [-0.25, -0.2) is 0 Å². The second-order valence-electron chi connectivity index (χ2n) is 7.53. The molecule has 2 aliphatic rings. The first-order valence-corrected chi connectivity index (χ1v) is 8.60. The Balaban J connectivity index is 2.10. The van der Waals surface area contributed by atoms with E-state index in [0.29, 0.717) is 11.8 Å². The van der Waals surface area contributed by atoms with Crippen LogP contribution in [-0.2, 0) is 9.53 Å². The zero-order valence-electron chi connectivity index (χ0n) is 14.3. The highest BCUT2D eigenvalue weighted by Gasteiger charge is 2.43. The maximum atomic E-state index is 12.8. The lowest BCUT2D eigenvalue weighted by molar-refractivity contribution is -0.135. The van der Waals surface area contributed by atoms with Crippen LogP contribution in [0.3, 0.4) is 0 Å². The summed E-state index contributed by atoms with van der Waals surface area (Å²) >= 11 is 0. The van der Waals surface area contributed by atoms with Crippen LogP contribution in [0, 0.1) is 11.8 Å². The molecule has 2 fully saturated rings. The highest BCUT2D eigenvalue weighted by molar-refractivity contribution is 5.84. The van der Waals surface area contributed by atoms with Crippen LogP contribution in [0.2, 0.25) is 0 Å². The molecular formula is C17H32N2O2. The maximum Gasteiger partial charge on any atom is 0.241 e. The van der Waals surface area contributed by atoms with Crippen LogP contribution < -0.4 is 5.32 Å². The molecular weight excluding hydrogens is 264 g/mol. The quantitative estimate of drug-likeness (QED) is 0.819. The lowest BCUT2D eigenvalue weighted by atomic mass is 10.0. The first kappa shape index (κ1) is 16.8. The first-order valence-electron chi connectivity index (χ1n) is 8.60. The molecule has 0 aromatic carbocycles. The van der Waals surface area contributed by atoms with Gasteiger partial charge < -0.3 is 9.64 Å². The van der Waals surface area contributed by atoms with E-state index in [2.05, 4.69) is 44.8 Å². The molecule has 0 saturated carbocycles. The van der Waals surface area contributed by atoms with E-state index in [1.54, 1.807) is 0 Å². The van der Waals surface area contributed by atoms with Gasteiger partial charge in [0.2, 0.25) is 5.91 Å². The minimum absolute atomic E-state index is 0.0161. The van der Waals surface area contributed by atoms with Crippen LogP contribution in [-0.4, -0.2) is 41.8 Å². The van der Waals surface area contributed by atoms with Crippen molar-refractivity contribution >= 4 is 5.91 Å². The van der Waals surface area contributed by atoms with E-state index in [-0.39, 0.29) is 30.3 Å². The summed E-state index contributed by atoms with van der Waals surface area (Å²) < 4.78 is 5.82. The summed E-state index contributed by atoms with van der Waals surface area (Å²) in [4.78, 5) is 14.9. The van der Waals surface area contributed by atoms with Gasteiger partial charge in [-0.15, -0.1) is 0 Å². The summed E-state index contributed by atoms with van der Waals surface area (Å²) in [5.41, 5.74) is 0. The van der Waals surface area contributed by atoms with E-state index in [1.165, 1.54) is 0 Å². The number of nitrogens with one attached hydrogen (secondary N) is 1. The molecule has 1 amide bonds. The number of amides is 1. The molecule has 0 radical (unpaired) electrons. The first-order chi connectivity index (χ1) is 9.90. The third kappa shape index (κ3) is 3.98. The summed E-state index contributed by atoms with van der Waals surface area (Å²) in [6.45, 7) is 11.8. The molecule has 4 heteroatoms. The Bertz CT molecular complexity index is 351. The molecule has 1 N–H and O–H groups in total. The van der Waals surface area contributed by atoms with Crippen molar-refractivity contribution in [1.82, 2.24) is 10.2 Å². The Morgan fingerprint density at radius 2 is 1.86 bits per heavy atom. The minimum Gasteiger partial charge on any atom is -0.376 e. The number of nitrogens with zero attached hydrogens (tertiary/aromatic N) is 1. The average molecular weight is 296 g/mol. The van der Waals surface area contributed by atoms with Crippen molar-refractivity contribution in [3.63, 3.8) is 0 Å². The van der Waals surface area contributed by atoms with Gasteiger partial charge in [-0.1, -0.05) is 27.7 Å². The highest BCUT2D eigenvalue weighted by atomic mass is 16.5. The summed E-state index contributed by atoms with van der Waals surface area (Å²) in [5.74, 6) is 1.38. The molecule has 2 heterocycles. The van der Waals surface area contributed by atoms with Gasteiger partial charge in [0.1, 0.15) is 0 Å². The Hall–Kier alpha value is -0.610. The normalized spacial score (nSPS) is 31.7. The molecule has 0 aromatic heterocycles. The van der Waals surface area contributed by atoms with Crippen molar-refractivity contribution in [2.75, 3.05) is 6.61 Å². The van der Waals surface area contributed by atoms with Crippen LogP contribution in [0.1, 0.15) is 60.3 Å². The summed E-state index contributed by atoms with van der Waals surface area (Å²) in [5, 5.41) is 3.58. The van der Waals surface area contributed by atoms with Gasteiger partial charge in [-0.2, -0.15) is 0 Å². The van der Waals surface area contributed by atoms with Crippen LogP contribution in [0.4, 0.5) is 0 Å². The second kappa shape index (κ2) is 7.10. The Kier molecular flexibility index (Phi) is 5.67. The molecule has 2 rings (SSSR count). The molecule has 122 valence electrons. The van der Waals surface area contributed by atoms with Crippen molar-refractivity contribution < 1.29 is 9.53 Å². The molecule has 0 aliphatic carbocycles. The second-order valence-corrected chi connectivity index (χ2v) is 7.53. The third-order valence-corrected chi connectivity index (χ3v) is 4.63. The molecule has 2 saturated heterocycles. The fourth-order valence-corrected chi connectivity index (χ4v) is 3.63. The number of rotatable bonds is 6. The summed E-state index contributed by atoms with van der Waals surface area (Å²) in [6.07, 6.45) is 4.51. The lowest BCUT2D eigenvalue weighted by Gasteiger charge is -2.34. The van der Waals surface area contributed by atoms with Crippen LogP contribution in [0.5, 0.6) is 0 Å². The van der Waals surface area contributed by atoms with Gasteiger partial charge in [-0.05, 0) is 44.4 Å². The highest BCUT2D eigenvalue weighted by Crippen LogP contribution is 2.28. The van der Waals surface area contributed by atoms with Gasteiger partial charge in [0.15, 0.2) is 0 Å². The van der Waals surface area contributed by atoms with E-state index < -0.39 is 0 Å². The van der Waals surface area contributed by atoms with Gasteiger partial charge in [-0.3, -0.25) is 10.1 Å². The van der Waals surface area contributed by atoms with Crippen molar-refractivity contribution in [3.05, 3.63) is 0 Å². The van der Waals surface area contributed by atoms with Crippen molar-refractivity contribution in [3.8, 4) is 0 Å². The smallest absolute Gasteiger partial charge is 0.241 e. The Morgan fingerprint density at radius 1 is 1.19 bits per heavy atom. The van der Waals surface area contributed by atoms with E-state index in [1.807, 2.05) is 0 Å². The number of carbonyl (C=O) groups is 1. The van der Waals surface area contributed by atoms with Crippen molar-refractivity contribution in [2.24, 2.45) is 11.8 Å². The zero-order chi connectivity index (χ0) is 15.6. The number of hydrogen-bond donors (Lipinski definition) is 1. The SMILES string of the molecule is CC(C)CC1NC(CC(C)C)N(C(C)C2CCCO2)C1=O. The summed E-state index contributed by atoms with van der Waals surface area (Å²) in [6, 6.07) is 0.158. The minimum atomic E-state index is -0.0161. The van der Waals surface area contributed by atoms with Gasteiger partial charge in [0.25, 0.3) is 0 Å². The maximum absolute atomic E-state index is 12.8. The number of hydrogen-bond acceptors (Lipinski definition) is 3. The zero-order valence-corrected chi connectivity index (χ0v) is 14.3. The lowest BCUT2D eigenvalue weighted by Crippen LogP contribution is -2.49. The molecule has 0 aromatic rings. The predicted molar refractivity (Wildman–Crippen MR) is 84.9 cm³/mol. The van der Waals surface area contributed by atoms with Gasteiger partial charge in [0.05, 0.1) is 24.4 Å². The third-order valence-electron chi connectivity index (χ3n) is 4.63. The Labute approximate surface area is 129 Å². The van der Waals surface area contributed by atoms with Crippen molar-refractivity contribution in [2.45, 2.75) is 84.7 Å². The number of carbonyl (C=O) groups excluding carboxylic acids is 1. The molecule has 0 bridgehead atoms. The van der Waals surface area contributed by atoms with Gasteiger partial charge >= 0.3 is 0 Å². The Morgan fingerprint density at radius 3 is 2.38 bits per heavy atom. The monoisotopic (exact) mass is 296 g/mol. The molecule has 2 aliphatic heterocycles. The molecule has 21 heavy (non-hydrogen) atoms. The van der Waals surface area contributed by atoms with Crippen LogP contribution in [0.15, 0.2) is 0 Å². The fraction of sp³-hybridized carbons (Fsp3) is 0.941. The fourth-order valence-electron chi connectivity index (χ4n) is 3.63. The number of ether oxygens (including phenoxy) is 1. The van der Waals surface area contributed by atoms with Crippen LogP contribution in [0.25, 0.3) is 0 Å². The standard InChI is InChI=1S/C17H32N2O2/c1-11(2)9-14-17(20)19(16(18-14)10-12(3)4)13(5)15-7-6-8-21-15/h11-16,18H,6-10H2,1-5H3. The average Bonchev–Trinajstić information content (AvgIpc) is 2.98. The molecule has 4 atom stereocenters. The topological polar surface area (TPSA) is 41.6 Å². The largest absolute Gasteiger partial charge is 0.376 e. The van der Waals surface area contributed by atoms with Crippen molar-refractivity contribution in [1.29, 1.82) is 0 Å².